The molecule has 33 heavy (non-hydrogen) atoms. The Labute approximate surface area is 200 Å². The van der Waals surface area contributed by atoms with E-state index in [0.717, 1.165) is 38.1 Å². The lowest BCUT2D eigenvalue weighted by Gasteiger charge is -2.18. The molecule has 0 fully saturated rings. The molecule has 9 nitrogen and oxygen atoms in total. The maximum absolute atomic E-state index is 6.19. The van der Waals surface area contributed by atoms with Gasteiger partial charge in [0.15, 0.2) is 0 Å². The predicted octanol–water partition coefficient (Wildman–Crippen LogP) is 4.27. The molecule has 5 rings (SSSR count). The average molecular weight is 480 g/mol. The van der Waals surface area contributed by atoms with Crippen LogP contribution in [0.3, 0.4) is 0 Å². The Morgan fingerprint density at radius 2 is 1.82 bits per heavy atom. The largest absolute Gasteiger partial charge is 0.385 e. The number of pyridine rings is 1. The minimum Gasteiger partial charge on any atom is -0.385 e. The molecule has 0 unspecified atom stereocenters. The summed E-state index contributed by atoms with van der Waals surface area (Å²) in [5.41, 5.74) is 4.67. The third-order valence-corrected chi connectivity index (χ3v) is 6.74. The highest BCUT2D eigenvalue weighted by atomic mass is 35.5. The lowest BCUT2D eigenvalue weighted by atomic mass is 10.0. The van der Waals surface area contributed by atoms with E-state index < -0.39 is 0 Å². The number of nitrogens with zero attached hydrogens (tertiary/aromatic N) is 6. The smallest absolute Gasteiger partial charge is 0.254 e. The van der Waals surface area contributed by atoms with Gasteiger partial charge in [0.05, 0.1) is 17.8 Å². The maximum Gasteiger partial charge on any atom is 0.254 e. The van der Waals surface area contributed by atoms with Crippen LogP contribution < -0.4 is 21.0 Å². The van der Waals surface area contributed by atoms with Crippen molar-refractivity contribution in [2.24, 2.45) is 5.10 Å². The first kappa shape index (κ1) is 21.2. The van der Waals surface area contributed by atoms with Crippen molar-refractivity contribution in [2.45, 2.75) is 6.54 Å². The molecule has 4 heterocycles. The zero-order chi connectivity index (χ0) is 22.9. The van der Waals surface area contributed by atoms with Crippen molar-refractivity contribution >= 4 is 51.2 Å². The fourth-order valence-corrected chi connectivity index (χ4v) is 5.09. The van der Waals surface area contributed by atoms with E-state index in [1.54, 1.807) is 17.5 Å². The summed E-state index contributed by atoms with van der Waals surface area (Å²) in [6.07, 6.45) is 3.59. The van der Waals surface area contributed by atoms with Gasteiger partial charge < -0.3 is 16.0 Å². The first-order valence-electron chi connectivity index (χ1n) is 10.3. The van der Waals surface area contributed by atoms with E-state index in [1.807, 2.05) is 73.3 Å². The second-order valence-corrected chi connectivity index (χ2v) is 8.71. The average Bonchev–Trinajstić information content (AvgIpc) is 3.40. The van der Waals surface area contributed by atoms with Crippen molar-refractivity contribution in [2.75, 3.05) is 42.1 Å². The minimum atomic E-state index is 0.482. The number of benzene rings is 1. The number of thiophene rings is 1. The third kappa shape index (κ3) is 3.66. The summed E-state index contributed by atoms with van der Waals surface area (Å²) >= 11 is 7.80. The molecular formula is C22H22ClN9S. The molecule has 0 saturated heterocycles. The molecule has 0 bridgehead atoms. The second kappa shape index (κ2) is 8.72. The van der Waals surface area contributed by atoms with E-state index in [2.05, 4.69) is 31.1 Å². The number of hydrogen-bond acceptors (Lipinski definition) is 9. The van der Waals surface area contributed by atoms with Crippen LogP contribution in [-0.2, 0) is 6.54 Å². The highest BCUT2D eigenvalue weighted by Crippen LogP contribution is 2.45. The van der Waals surface area contributed by atoms with E-state index in [-0.39, 0.29) is 0 Å². The highest BCUT2D eigenvalue weighted by molar-refractivity contribution is 7.19. The normalized spacial score (nSPS) is 12.5. The van der Waals surface area contributed by atoms with E-state index >= 15 is 0 Å². The van der Waals surface area contributed by atoms with Gasteiger partial charge in [0.25, 0.3) is 5.95 Å². The first-order chi connectivity index (χ1) is 16.1. The quantitative estimate of drug-likeness (QED) is 0.380. The third-order valence-electron chi connectivity index (χ3n) is 5.30. The van der Waals surface area contributed by atoms with Crippen molar-refractivity contribution in [3.63, 3.8) is 0 Å². The van der Waals surface area contributed by atoms with Gasteiger partial charge in [0.2, 0.25) is 5.95 Å². The second-order valence-electron chi connectivity index (χ2n) is 7.27. The Morgan fingerprint density at radius 3 is 2.48 bits per heavy atom. The molecule has 11 heteroatoms. The topological polar surface area (TPSA) is 95.3 Å². The van der Waals surface area contributed by atoms with Crippen LogP contribution in [0.4, 0.5) is 22.6 Å². The number of rotatable bonds is 6. The Kier molecular flexibility index (Phi) is 5.61. The zero-order valence-corrected chi connectivity index (χ0v) is 19.9. The van der Waals surface area contributed by atoms with Crippen molar-refractivity contribution in [1.82, 2.24) is 19.7 Å². The van der Waals surface area contributed by atoms with Gasteiger partial charge >= 0.3 is 0 Å². The summed E-state index contributed by atoms with van der Waals surface area (Å²) < 4.78 is 2.00. The van der Waals surface area contributed by atoms with Gasteiger partial charge in [-0.05, 0) is 23.8 Å². The summed E-state index contributed by atoms with van der Waals surface area (Å²) in [6, 6.07) is 11.6. The van der Waals surface area contributed by atoms with Gasteiger partial charge in [-0.3, -0.25) is 4.98 Å². The molecule has 1 aliphatic rings. The number of nitrogens with one attached hydrogen (secondary N) is 3. The van der Waals surface area contributed by atoms with Gasteiger partial charge in [-0.2, -0.15) is 5.10 Å². The van der Waals surface area contributed by atoms with E-state index in [1.165, 1.54) is 0 Å². The standard InChI is InChI=1S/C22H22ClN9S/c1-24-18-16-17(14-6-8-15(23)9-7-14)30-31(12-13-5-4-10-27-11-13)22-29-28-21(26-3)32(22)20(16)33-19(18)25-2/h4-11,24-25H,12H2,1-3H3,(H,26,28). The molecule has 3 N–H and O–H groups in total. The minimum absolute atomic E-state index is 0.482. The summed E-state index contributed by atoms with van der Waals surface area (Å²) in [6.45, 7) is 0.482. The summed E-state index contributed by atoms with van der Waals surface area (Å²) in [7, 11) is 5.65. The number of hydrogen-bond donors (Lipinski definition) is 3. The SMILES string of the molecule is CNc1sc2c(c1NC)C(c1ccc(Cl)cc1)=NN(Cc1cccnc1)c1nnc(NC)n1-2. The Bertz CT molecular complexity index is 1310. The van der Waals surface area contributed by atoms with Crippen LogP contribution in [0.25, 0.3) is 5.00 Å². The van der Waals surface area contributed by atoms with Crippen LogP contribution in [0.5, 0.6) is 0 Å². The highest BCUT2D eigenvalue weighted by Gasteiger charge is 2.32. The molecule has 1 aliphatic heterocycles. The molecule has 0 saturated carbocycles. The molecule has 0 amide bonds. The van der Waals surface area contributed by atoms with Crippen LogP contribution >= 0.6 is 22.9 Å². The fraction of sp³-hybridized carbons (Fsp3) is 0.182. The van der Waals surface area contributed by atoms with E-state index in [0.29, 0.717) is 23.5 Å². The molecule has 4 aromatic rings. The summed E-state index contributed by atoms with van der Waals surface area (Å²) in [4.78, 5) is 4.26. The Morgan fingerprint density at radius 1 is 1.00 bits per heavy atom. The maximum atomic E-state index is 6.19. The molecule has 0 radical (unpaired) electrons. The van der Waals surface area contributed by atoms with Crippen LogP contribution in [0.15, 0.2) is 53.9 Å². The number of fused-ring (bicyclic) bond motifs is 3. The Balaban J connectivity index is 1.80. The van der Waals surface area contributed by atoms with Crippen molar-refractivity contribution < 1.29 is 0 Å². The van der Waals surface area contributed by atoms with Gasteiger partial charge in [0, 0.05) is 44.1 Å². The van der Waals surface area contributed by atoms with Crippen LogP contribution in [0.1, 0.15) is 16.7 Å². The summed E-state index contributed by atoms with van der Waals surface area (Å²) in [5.74, 6) is 1.24. The van der Waals surface area contributed by atoms with Crippen LogP contribution in [0.2, 0.25) is 5.02 Å². The van der Waals surface area contributed by atoms with E-state index in [4.69, 9.17) is 16.7 Å². The number of aromatic nitrogens is 4. The van der Waals surface area contributed by atoms with Crippen molar-refractivity contribution in [1.29, 1.82) is 0 Å². The molecule has 168 valence electrons. The zero-order valence-electron chi connectivity index (χ0n) is 18.3. The van der Waals surface area contributed by atoms with Crippen LogP contribution in [0, 0.1) is 0 Å². The van der Waals surface area contributed by atoms with Gasteiger partial charge in [0.1, 0.15) is 15.7 Å². The number of halogens is 1. The first-order valence-corrected chi connectivity index (χ1v) is 11.5. The lowest BCUT2D eigenvalue weighted by Crippen LogP contribution is -2.20. The molecule has 0 atom stereocenters. The monoisotopic (exact) mass is 479 g/mol. The van der Waals surface area contributed by atoms with Crippen molar-refractivity contribution in [3.8, 4) is 5.00 Å². The van der Waals surface area contributed by atoms with Crippen LogP contribution in [-0.4, -0.2) is 46.6 Å². The molecular weight excluding hydrogens is 458 g/mol. The molecule has 0 aliphatic carbocycles. The fourth-order valence-electron chi connectivity index (χ4n) is 3.80. The predicted molar refractivity (Wildman–Crippen MR) is 135 cm³/mol. The van der Waals surface area contributed by atoms with Gasteiger partial charge in [-0.25, -0.2) is 9.58 Å². The van der Waals surface area contributed by atoms with E-state index in [9.17, 15) is 0 Å². The lowest BCUT2D eigenvalue weighted by molar-refractivity contribution is 0.797. The number of hydrazone groups is 1. The molecule has 1 aromatic carbocycles. The number of anilines is 4. The molecule has 3 aromatic heterocycles. The summed E-state index contributed by atoms with van der Waals surface area (Å²) in [5, 5.41) is 28.3. The molecule has 0 spiro atoms. The van der Waals surface area contributed by atoms with Crippen molar-refractivity contribution in [3.05, 3.63) is 70.5 Å². The van der Waals surface area contributed by atoms with Gasteiger partial charge in [-0.15, -0.1) is 10.2 Å². The Hall–Kier alpha value is -3.63. The van der Waals surface area contributed by atoms with Gasteiger partial charge in [-0.1, -0.05) is 41.1 Å².